The third-order valence-electron chi connectivity index (χ3n) is 12.1. The fraction of sp³-hybridized carbons (Fsp3) is 0.523. The first-order valence-electron chi connectivity index (χ1n) is 22.1. The molecule has 4 fully saturated rings. The Hall–Kier alpha value is -4.80. The number of carbonyl (C=O) groups excluding carboxylic acids is 2. The molecule has 0 saturated carbocycles. The molecule has 65 heavy (non-hydrogen) atoms. The van der Waals surface area contributed by atoms with Crippen molar-refractivity contribution in [2.45, 2.75) is 51.1 Å². The summed E-state index contributed by atoms with van der Waals surface area (Å²) >= 11 is 0. The maximum Gasteiger partial charge on any atom is 0.490 e. The van der Waals surface area contributed by atoms with Crippen molar-refractivity contribution in [1.29, 1.82) is 0 Å². The highest BCUT2D eigenvalue weighted by atomic mass is 33.1. The van der Waals surface area contributed by atoms with Crippen LogP contribution in [0.3, 0.4) is 0 Å². The molecule has 0 bridgehead atoms. The summed E-state index contributed by atoms with van der Waals surface area (Å²) in [5.74, 6) is 1.42. The lowest BCUT2D eigenvalue weighted by molar-refractivity contribution is -0.192. The van der Waals surface area contributed by atoms with E-state index in [2.05, 4.69) is 81.9 Å². The molecule has 352 valence electrons. The molecule has 4 aromatic rings. The van der Waals surface area contributed by atoms with Crippen LogP contribution in [0.2, 0.25) is 0 Å². The molecular weight excluding hydrogens is 882 g/mol. The molecule has 2 aromatic carbocycles. The van der Waals surface area contributed by atoms with E-state index in [1.165, 1.54) is 0 Å². The van der Waals surface area contributed by atoms with E-state index in [1.807, 2.05) is 54.9 Å². The monoisotopic (exact) mass is 940 g/mol. The third kappa shape index (κ3) is 13.0. The zero-order valence-corrected chi connectivity index (χ0v) is 38.4. The molecule has 2 amide bonds. The van der Waals surface area contributed by atoms with Crippen LogP contribution in [0.5, 0.6) is 0 Å². The van der Waals surface area contributed by atoms with Crippen LogP contribution < -0.4 is 31.1 Å². The number of carboxylic acid groups (broad SMARTS) is 1. The predicted octanol–water partition coefficient (Wildman–Crippen LogP) is 3.53. The SMILES string of the molecule is Cc1cc(N2CCN(C3CNC(C(=O)NCCSSCCNC(=O)C4CNC(N5CCN(c6cc(C)nn6-c6ccccc6)CC5)C4)C3)CC2)n(-c2ccccc2)n1.O=C(O)C(F)(F)F. The highest BCUT2D eigenvalue weighted by Crippen LogP contribution is 2.27. The van der Waals surface area contributed by atoms with Crippen molar-refractivity contribution in [3.05, 3.63) is 84.2 Å². The van der Waals surface area contributed by atoms with Gasteiger partial charge in [0, 0.05) is 108 Å². The van der Waals surface area contributed by atoms with Crippen LogP contribution in [0.15, 0.2) is 72.8 Å². The van der Waals surface area contributed by atoms with Gasteiger partial charge in [0.05, 0.1) is 40.9 Å². The molecule has 16 nitrogen and oxygen atoms in total. The van der Waals surface area contributed by atoms with Gasteiger partial charge in [0.25, 0.3) is 0 Å². The Bertz CT molecular complexity index is 2030. The van der Waals surface area contributed by atoms with Gasteiger partial charge in [-0.25, -0.2) is 14.2 Å². The molecule has 2 aromatic heterocycles. The molecule has 21 heteroatoms. The highest BCUT2D eigenvalue weighted by molar-refractivity contribution is 8.76. The third-order valence-corrected chi connectivity index (χ3v) is 14.5. The average molecular weight is 941 g/mol. The number of carbonyl (C=O) groups is 3. The van der Waals surface area contributed by atoms with Crippen molar-refractivity contribution in [2.75, 3.05) is 99.8 Å². The second-order valence-electron chi connectivity index (χ2n) is 16.6. The number of para-hydroxylation sites is 2. The number of aromatic nitrogens is 4. The molecule has 4 atom stereocenters. The van der Waals surface area contributed by atoms with Gasteiger partial charge in [0.1, 0.15) is 11.6 Å². The Morgan fingerprint density at radius 2 is 1.17 bits per heavy atom. The molecule has 4 aliphatic heterocycles. The number of nitrogens with one attached hydrogen (secondary N) is 4. The molecule has 0 aliphatic carbocycles. The Balaban J connectivity index is 0.000000833. The summed E-state index contributed by atoms with van der Waals surface area (Å²) in [4.78, 5) is 44.8. The first-order valence-corrected chi connectivity index (χ1v) is 24.6. The molecule has 5 N–H and O–H groups in total. The Labute approximate surface area is 385 Å². The van der Waals surface area contributed by atoms with Crippen LogP contribution >= 0.6 is 21.6 Å². The number of amides is 2. The fourth-order valence-corrected chi connectivity index (χ4v) is 10.5. The Morgan fingerprint density at radius 3 is 1.66 bits per heavy atom. The highest BCUT2D eigenvalue weighted by Gasteiger charge is 2.39. The number of anilines is 2. The van der Waals surface area contributed by atoms with Crippen LogP contribution in [0, 0.1) is 19.8 Å². The zero-order chi connectivity index (χ0) is 45.9. The normalized spacial score (nSPS) is 21.8. The van der Waals surface area contributed by atoms with E-state index >= 15 is 0 Å². The van der Waals surface area contributed by atoms with Gasteiger partial charge in [0.15, 0.2) is 0 Å². The van der Waals surface area contributed by atoms with Gasteiger partial charge >= 0.3 is 12.1 Å². The van der Waals surface area contributed by atoms with E-state index in [-0.39, 0.29) is 29.9 Å². The number of hydrogen-bond acceptors (Lipinski definition) is 13. The van der Waals surface area contributed by atoms with Crippen molar-refractivity contribution in [3.8, 4) is 11.4 Å². The first kappa shape index (κ1) is 48.1. The van der Waals surface area contributed by atoms with Crippen molar-refractivity contribution < 1.29 is 32.7 Å². The minimum atomic E-state index is -5.08. The minimum absolute atomic E-state index is 0.00801. The number of halogens is 3. The average Bonchev–Trinajstić information content (AvgIpc) is 4.15. The molecule has 0 radical (unpaired) electrons. The number of piperazine rings is 2. The summed E-state index contributed by atoms with van der Waals surface area (Å²) in [6.45, 7) is 14.5. The molecule has 0 spiro atoms. The Morgan fingerprint density at radius 1 is 0.692 bits per heavy atom. The van der Waals surface area contributed by atoms with Gasteiger partial charge in [-0.1, -0.05) is 58.0 Å². The summed E-state index contributed by atoms with van der Waals surface area (Å²) in [7, 11) is 3.49. The topological polar surface area (TPSA) is 168 Å². The first-order chi connectivity index (χ1) is 31.3. The molecule has 4 saturated heterocycles. The van der Waals surface area contributed by atoms with Crippen LogP contribution in [0.4, 0.5) is 24.8 Å². The van der Waals surface area contributed by atoms with Crippen LogP contribution in [0.1, 0.15) is 24.2 Å². The zero-order valence-electron chi connectivity index (χ0n) is 36.8. The largest absolute Gasteiger partial charge is 0.490 e. The second-order valence-corrected chi connectivity index (χ2v) is 19.3. The lowest BCUT2D eigenvalue weighted by atomic mass is 10.1. The number of aryl methyl sites for hydroxylation is 2. The van der Waals surface area contributed by atoms with Crippen LogP contribution in [-0.2, 0) is 14.4 Å². The smallest absolute Gasteiger partial charge is 0.475 e. The molecule has 4 unspecified atom stereocenters. The number of nitrogens with zero attached hydrogens (tertiary/aromatic N) is 8. The van der Waals surface area contributed by atoms with Gasteiger partial charge < -0.3 is 36.2 Å². The summed E-state index contributed by atoms with van der Waals surface area (Å²) in [6, 6.07) is 25.2. The summed E-state index contributed by atoms with van der Waals surface area (Å²) in [6.07, 6.45) is -3.18. The van der Waals surface area contributed by atoms with Gasteiger partial charge in [-0.3, -0.25) is 19.4 Å². The molecular formula is C44H59F3N12O4S2. The molecule has 6 heterocycles. The predicted molar refractivity (Wildman–Crippen MR) is 249 cm³/mol. The van der Waals surface area contributed by atoms with Gasteiger partial charge in [-0.2, -0.15) is 23.4 Å². The van der Waals surface area contributed by atoms with Crippen molar-refractivity contribution in [1.82, 2.24) is 50.6 Å². The maximum absolute atomic E-state index is 13.0. The summed E-state index contributed by atoms with van der Waals surface area (Å²) in [5.41, 5.74) is 4.19. The number of alkyl halides is 3. The number of aliphatic carboxylic acids is 1. The second kappa shape index (κ2) is 22.6. The van der Waals surface area contributed by atoms with E-state index in [0.29, 0.717) is 25.7 Å². The van der Waals surface area contributed by atoms with Gasteiger partial charge in [0.2, 0.25) is 11.8 Å². The molecule has 8 rings (SSSR count). The molecule has 4 aliphatic rings. The number of hydrogen-bond donors (Lipinski definition) is 5. The fourth-order valence-electron chi connectivity index (χ4n) is 8.72. The number of carboxylic acids is 1. The van der Waals surface area contributed by atoms with Crippen molar-refractivity contribution in [3.63, 3.8) is 0 Å². The van der Waals surface area contributed by atoms with E-state index in [0.717, 1.165) is 118 Å². The van der Waals surface area contributed by atoms with Crippen LogP contribution in [0.25, 0.3) is 11.4 Å². The summed E-state index contributed by atoms with van der Waals surface area (Å²) < 4.78 is 35.8. The van der Waals surface area contributed by atoms with E-state index in [4.69, 9.17) is 20.1 Å². The standard InChI is InChI=1S/C42H58N12O2S2.C2HF3O2/c1-31-25-39(53(47-31)34-9-5-3-6-10-34)51-19-15-49(16-20-51)36-28-37(45-30-36)42(56)44-14-24-58-57-23-13-43-41(55)33-27-38(46-29-33)50-17-21-52(22-18-50)40-26-32(2)48-54(40)35-11-7-4-8-12-35;3-2(4,5)1(6)7/h3-12,25-26,33,36-38,45-46H,13-24,27-30H2,1-2H3,(H,43,55)(H,44,56);(H,6,7). The Kier molecular flexibility index (Phi) is 16.7. The van der Waals surface area contributed by atoms with E-state index < -0.39 is 12.1 Å². The minimum Gasteiger partial charge on any atom is -0.475 e. The quantitative estimate of drug-likeness (QED) is 0.0868. The lowest BCUT2D eigenvalue weighted by Crippen LogP contribution is -2.53. The van der Waals surface area contributed by atoms with E-state index in [1.54, 1.807) is 21.6 Å². The van der Waals surface area contributed by atoms with Crippen molar-refractivity contribution >= 4 is 51.0 Å². The van der Waals surface area contributed by atoms with Gasteiger partial charge in [-0.05, 0) is 51.0 Å². The maximum atomic E-state index is 13.0. The lowest BCUT2D eigenvalue weighted by Gasteiger charge is -2.39. The number of benzene rings is 2. The van der Waals surface area contributed by atoms with Gasteiger partial charge in [-0.15, -0.1) is 0 Å². The number of rotatable bonds is 15. The van der Waals surface area contributed by atoms with Crippen LogP contribution in [-0.4, -0.2) is 167 Å². The van der Waals surface area contributed by atoms with E-state index in [9.17, 15) is 22.8 Å². The summed E-state index contributed by atoms with van der Waals surface area (Å²) in [5, 5.41) is 30.0. The van der Waals surface area contributed by atoms with Crippen molar-refractivity contribution in [2.24, 2.45) is 5.92 Å².